The van der Waals surface area contributed by atoms with Crippen molar-refractivity contribution in [3.63, 3.8) is 0 Å². The molecule has 4 aromatic rings. The Kier molecular flexibility index (Phi) is 7.90. The lowest BCUT2D eigenvalue weighted by Gasteiger charge is -2.12. The molecule has 0 aliphatic rings. The highest BCUT2D eigenvalue weighted by Crippen LogP contribution is 2.25. The van der Waals surface area contributed by atoms with E-state index in [1.807, 2.05) is 30.3 Å². The molecule has 2 heterocycles. The molecule has 9 nitrogen and oxygen atoms in total. The summed E-state index contributed by atoms with van der Waals surface area (Å²) < 4.78 is 22.1. The number of aromatic nitrogens is 3. The molecule has 0 radical (unpaired) electrons. The summed E-state index contributed by atoms with van der Waals surface area (Å²) in [5.41, 5.74) is 1.25. The van der Waals surface area contributed by atoms with Crippen molar-refractivity contribution in [1.82, 2.24) is 20.4 Å². The molecule has 0 aliphatic carbocycles. The van der Waals surface area contributed by atoms with Gasteiger partial charge < -0.3 is 24.1 Å². The Balaban J connectivity index is 1.31. The molecule has 0 spiro atoms. The smallest absolute Gasteiger partial charge is 0.251 e. The van der Waals surface area contributed by atoms with Crippen molar-refractivity contribution in [3.8, 4) is 23.1 Å². The summed E-state index contributed by atoms with van der Waals surface area (Å²) in [6.45, 7) is 4.88. The Bertz CT molecular complexity index is 1240. The van der Waals surface area contributed by atoms with Crippen LogP contribution in [0.4, 0.5) is 0 Å². The number of pyridine rings is 1. The van der Waals surface area contributed by atoms with E-state index in [0.29, 0.717) is 41.3 Å². The molecule has 0 saturated carbocycles. The number of carbonyl (C=O) groups is 1. The van der Waals surface area contributed by atoms with Crippen LogP contribution in [0.1, 0.15) is 41.0 Å². The van der Waals surface area contributed by atoms with Crippen molar-refractivity contribution in [2.75, 3.05) is 6.61 Å². The maximum absolute atomic E-state index is 12.6. The van der Waals surface area contributed by atoms with Crippen LogP contribution in [-0.2, 0) is 13.2 Å². The molecule has 0 unspecified atom stereocenters. The van der Waals surface area contributed by atoms with Gasteiger partial charge in [0.05, 0.1) is 6.61 Å². The average molecular weight is 475 g/mol. The number of nitrogens with one attached hydrogen (secondary N) is 1. The highest BCUT2D eigenvalue weighted by Gasteiger charge is 2.11. The van der Waals surface area contributed by atoms with Crippen molar-refractivity contribution < 1.29 is 23.5 Å². The first kappa shape index (κ1) is 23.7. The minimum atomic E-state index is -0.224. The Hall–Kier alpha value is -4.40. The van der Waals surface area contributed by atoms with Gasteiger partial charge in [-0.25, -0.2) is 4.98 Å². The summed E-state index contributed by atoms with van der Waals surface area (Å²) in [5, 5.41) is 6.68. The lowest BCUT2D eigenvalue weighted by molar-refractivity contribution is 0.0950. The predicted octanol–water partition coefficient (Wildman–Crippen LogP) is 4.86. The quantitative estimate of drug-likeness (QED) is 0.328. The SMILES string of the molecule is CCCOc1ccc(Oc2ncccc2CNC(=O)c2ccc(OCc3noc(C)n3)cc2)cc1. The largest absolute Gasteiger partial charge is 0.494 e. The summed E-state index contributed by atoms with van der Waals surface area (Å²) >= 11 is 0. The van der Waals surface area contributed by atoms with Crippen LogP contribution in [0.15, 0.2) is 71.4 Å². The van der Waals surface area contributed by atoms with Gasteiger partial charge in [0.25, 0.3) is 5.91 Å². The average Bonchev–Trinajstić information content (AvgIpc) is 3.31. The highest BCUT2D eigenvalue weighted by molar-refractivity contribution is 5.94. The Morgan fingerprint density at radius 3 is 2.40 bits per heavy atom. The summed E-state index contributed by atoms with van der Waals surface area (Å²) in [6.07, 6.45) is 2.59. The van der Waals surface area contributed by atoms with Gasteiger partial charge in [-0.05, 0) is 61.0 Å². The second-order valence-electron chi connectivity index (χ2n) is 7.61. The predicted molar refractivity (Wildman–Crippen MR) is 128 cm³/mol. The first-order valence-corrected chi connectivity index (χ1v) is 11.3. The van der Waals surface area contributed by atoms with Gasteiger partial charge in [0.2, 0.25) is 17.6 Å². The number of ether oxygens (including phenoxy) is 3. The van der Waals surface area contributed by atoms with Gasteiger partial charge in [-0.15, -0.1) is 0 Å². The Morgan fingerprint density at radius 1 is 0.971 bits per heavy atom. The minimum Gasteiger partial charge on any atom is -0.494 e. The number of nitrogens with zero attached hydrogens (tertiary/aromatic N) is 3. The number of rotatable bonds is 11. The Labute approximate surface area is 203 Å². The molecule has 4 rings (SSSR count). The first-order valence-electron chi connectivity index (χ1n) is 11.3. The zero-order chi connectivity index (χ0) is 24.5. The topological polar surface area (TPSA) is 109 Å². The van der Waals surface area contributed by atoms with E-state index >= 15 is 0 Å². The second-order valence-corrected chi connectivity index (χ2v) is 7.61. The third kappa shape index (κ3) is 6.80. The number of benzene rings is 2. The van der Waals surface area contributed by atoms with E-state index in [-0.39, 0.29) is 19.1 Å². The number of amides is 1. The molecule has 1 amide bonds. The molecule has 0 fully saturated rings. The second kappa shape index (κ2) is 11.6. The van der Waals surface area contributed by atoms with E-state index in [1.165, 1.54) is 0 Å². The van der Waals surface area contributed by atoms with E-state index in [1.54, 1.807) is 43.5 Å². The third-order valence-corrected chi connectivity index (χ3v) is 4.85. The van der Waals surface area contributed by atoms with Crippen LogP contribution in [0, 0.1) is 6.92 Å². The van der Waals surface area contributed by atoms with Crippen LogP contribution in [0.25, 0.3) is 0 Å². The minimum absolute atomic E-state index is 0.182. The van der Waals surface area contributed by atoms with Crippen LogP contribution >= 0.6 is 0 Å². The van der Waals surface area contributed by atoms with Crippen LogP contribution in [0.5, 0.6) is 23.1 Å². The van der Waals surface area contributed by atoms with E-state index < -0.39 is 0 Å². The van der Waals surface area contributed by atoms with Crippen molar-refractivity contribution in [2.45, 2.75) is 33.4 Å². The Morgan fingerprint density at radius 2 is 1.69 bits per heavy atom. The van der Waals surface area contributed by atoms with Gasteiger partial charge in [0.1, 0.15) is 17.2 Å². The van der Waals surface area contributed by atoms with Crippen LogP contribution < -0.4 is 19.5 Å². The van der Waals surface area contributed by atoms with E-state index in [0.717, 1.165) is 17.7 Å². The molecule has 180 valence electrons. The number of carbonyl (C=O) groups excluding carboxylic acids is 1. The maximum atomic E-state index is 12.6. The van der Waals surface area contributed by atoms with E-state index in [2.05, 4.69) is 27.4 Å². The maximum Gasteiger partial charge on any atom is 0.251 e. The molecule has 0 saturated heterocycles. The van der Waals surface area contributed by atoms with Crippen molar-refractivity contribution in [1.29, 1.82) is 0 Å². The zero-order valence-electron chi connectivity index (χ0n) is 19.6. The molecule has 0 atom stereocenters. The van der Waals surface area contributed by atoms with Crippen molar-refractivity contribution in [3.05, 3.63) is 89.7 Å². The van der Waals surface area contributed by atoms with Gasteiger partial charge in [-0.1, -0.05) is 18.1 Å². The van der Waals surface area contributed by atoms with Crippen molar-refractivity contribution in [2.24, 2.45) is 0 Å². The van der Waals surface area contributed by atoms with Gasteiger partial charge in [-0.3, -0.25) is 4.79 Å². The molecule has 0 aliphatic heterocycles. The van der Waals surface area contributed by atoms with E-state index in [9.17, 15) is 4.79 Å². The molecule has 1 N–H and O–H groups in total. The van der Waals surface area contributed by atoms with Gasteiger partial charge in [0, 0.05) is 30.8 Å². The summed E-state index contributed by atoms with van der Waals surface area (Å²) in [5.74, 6) is 3.15. The molecule has 0 bridgehead atoms. The first-order chi connectivity index (χ1) is 17.1. The van der Waals surface area contributed by atoms with E-state index in [4.69, 9.17) is 18.7 Å². The van der Waals surface area contributed by atoms with Crippen LogP contribution in [-0.4, -0.2) is 27.6 Å². The summed E-state index contributed by atoms with van der Waals surface area (Å²) in [6, 6.07) is 17.8. The van der Waals surface area contributed by atoms with Gasteiger partial charge >= 0.3 is 0 Å². The highest BCUT2D eigenvalue weighted by atomic mass is 16.5. The molecule has 9 heteroatoms. The van der Waals surface area contributed by atoms with Crippen molar-refractivity contribution >= 4 is 5.91 Å². The number of hydrogen-bond acceptors (Lipinski definition) is 8. The lowest BCUT2D eigenvalue weighted by atomic mass is 10.2. The lowest BCUT2D eigenvalue weighted by Crippen LogP contribution is -2.23. The molecular formula is C26H26N4O5. The molecular weight excluding hydrogens is 448 g/mol. The number of hydrogen-bond donors (Lipinski definition) is 1. The van der Waals surface area contributed by atoms with Gasteiger partial charge in [0.15, 0.2) is 6.61 Å². The molecule has 35 heavy (non-hydrogen) atoms. The molecule has 2 aromatic carbocycles. The summed E-state index contributed by atoms with van der Waals surface area (Å²) in [4.78, 5) is 21.0. The van der Waals surface area contributed by atoms with Crippen LogP contribution in [0.2, 0.25) is 0 Å². The standard InChI is InChI=1S/C26H26N4O5/c1-3-15-32-21-10-12-23(13-11-21)34-26-20(5-4-14-27-26)16-28-25(31)19-6-8-22(9-7-19)33-17-24-29-18(2)35-30-24/h4-14H,3,15-17H2,1-2H3,(H,28,31). The third-order valence-electron chi connectivity index (χ3n) is 4.85. The fourth-order valence-corrected chi connectivity index (χ4v) is 3.11. The fourth-order valence-electron chi connectivity index (χ4n) is 3.11. The van der Waals surface area contributed by atoms with Gasteiger partial charge in [-0.2, -0.15) is 4.98 Å². The fraction of sp³-hybridized carbons (Fsp3) is 0.231. The normalized spacial score (nSPS) is 10.6. The number of aryl methyl sites for hydroxylation is 1. The summed E-state index contributed by atoms with van der Waals surface area (Å²) in [7, 11) is 0. The molecule has 2 aromatic heterocycles. The monoisotopic (exact) mass is 474 g/mol. The zero-order valence-corrected chi connectivity index (χ0v) is 19.6. The van der Waals surface area contributed by atoms with Crippen LogP contribution in [0.3, 0.4) is 0 Å².